The third kappa shape index (κ3) is 5.62. The summed E-state index contributed by atoms with van der Waals surface area (Å²) in [5.74, 6) is -1.21. The summed E-state index contributed by atoms with van der Waals surface area (Å²) in [5, 5.41) is 27.5. The summed E-state index contributed by atoms with van der Waals surface area (Å²) >= 11 is 0. The summed E-state index contributed by atoms with van der Waals surface area (Å²) in [4.78, 5) is 12.3. The Balaban J connectivity index is 3.09. The highest BCUT2D eigenvalue weighted by molar-refractivity contribution is 5.99. The lowest BCUT2D eigenvalue weighted by Crippen LogP contribution is -2.17. The lowest BCUT2D eigenvalue weighted by atomic mass is 10.00. The second-order valence-corrected chi connectivity index (χ2v) is 5.25. The Kier molecular flexibility index (Phi) is 7.06. The van der Waals surface area contributed by atoms with E-state index in [2.05, 4.69) is 6.58 Å². The van der Waals surface area contributed by atoms with Gasteiger partial charge in [-0.3, -0.25) is 0 Å². The minimum absolute atomic E-state index is 0.0200. The first-order valence-corrected chi connectivity index (χ1v) is 7.49. The molecule has 5 heteroatoms. The molecule has 23 heavy (non-hydrogen) atoms. The molecule has 1 aromatic rings. The van der Waals surface area contributed by atoms with Crippen LogP contribution in [0.3, 0.4) is 0 Å². The molecule has 0 fully saturated rings. The number of aromatic hydroxyl groups is 2. The maximum atomic E-state index is 12.3. The van der Waals surface area contributed by atoms with Crippen molar-refractivity contribution in [3.8, 4) is 11.5 Å². The SMILES string of the molecule is C=CCC(C)OC(=O)c1c(O)cc(O)cc1CC(=N)/C=C/CC. The first kappa shape index (κ1) is 18.5. The molecule has 0 aliphatic heterocycles. The summed E-state index contributed by atoms with van der Waals surface area (Å²) in [6, 6.07) is 2.45. The predicted octanol–water partition coefficient (Wildman–Crippen LogP) is 3.75. The molecule has 0 heterocycles. The molecule has 0 spiro atoms. The number of carbonyl (C=O) groups is 1. The predicted molar refractivity (Wildman–Crippen MR) is 90.3 cm³/mol. The third-order valence-electron chi connectivity index (χ3n) is 3.13. The normalized spacial score (nSPS) is 12.1. The second-order valence-electron chi connectivity index (χ2n) is 5.25. The monoisotopic (exact) mass is 317 g/mol. The van der Waals surface area contributed by atoms with Crippen molar-refractivity contribution < 1.29 is 19.7 Å². The van der Waals surface area contributed by atoms with E-state index in [1.54, 1.807) is 19.1 Å². The van der Waals surface area contributed by atoms with Gasteiger partial charge < -0.3 is 20.4 Å². The number of benzene rings is 1. The van der Waals surface area contributed by atoms with Crippen LogP contribution in [0.4, 0.5) is 0 Å². The maximum Gasteiger partial charge on any atom is 0.342 e. The second kappa shape index (κ2) is 8.78. The van der Waals surface area contributed by atoms with E-state index in [9.17, 15) is 15.0 Å². The van der Waals surface area contributed by atoms with Crippen molar-refractivity contribution in [2.45, 2.75) is 39.2 Å². The van der Waals surface area contributed by atoms with Crippen LogP contribution in [-0.2, 0) is 11.2 Å². The van der Waals surface area contributed by atoms with Crippen LogP contribution in [0.25, 0.3) is 0 Å². The van der Waals surface area contributed by atoms with Crippen LogP contribution in [0.1, 0.15) is 42.6 Å². The number of phenols is 2. The van der Waals surface area contributed by atoms with Crippen LogP contribution >= 0.6 is 0 Å². The van der Waals surface area contributed by atoms with Gasteiger partial charge in [0.15, 0.2) is 0 Å². The Hall–Kier alpha value is -2.56. The minimum atomic E-state index is -0.681. The van der Waals surface area contributed by atoms with Gasteiger partial charge in [0.25, 0.3) is 0 Å². The fraction of sp³-hybridized carbons (Fsp3) is 0.333. The molecule has 1 unspecified atom stereocenters. The van der Waals surface area contributed by atoms with Crippen molar-refractivity contribution in [1.29, 1.82) is 5.41 Å². The number of esters is 1. The average molecular weight is 317 g/mol. The number of allylic oxidation sites excluding steroid dienone is 2. The Labute approximate surface area is 136 Å². The Morgan fingerprint density at radius 2 is 2.13 bits per heavy atom. The molecule has 1 rings (SSSR count). The quantitative estimate of drug-likeness (QED) is 0.387. The number of nitrogens with one attached hydrogen (secondary N) is 1. The highest BCUT2D eigenvalue weighted by Gasteiger charge is 2.21. The van der Waals surface area contributed by atoms with Crippen LogP contribution in [0.15, 0.2) is 36.9 Å². The van der Waals surface area contributed by atoms with Gasteiger partial charge in [-0.25, -0.2) is 4.79 Å². The molecule has 0 bridgehead atoms. The third-order valence-corrected chi connectivity index (χ3v) is 3.13. The molecule has 0 aromatic heterocycles. The number of hydrogen-bond donors (Lipinski definition) is 3. The van der Waals surface area contributed by atoms with Crippen molar-refractivity contribution in [2.75, 3.05) is 0 Å². The van der Waals surface area contributed by atoms with Gasteiger partial charge in [-0.2, -0.15) is 0 Å². The first-order valence-electron chi connectivity index (χ1n) is 7.49. The fourth-order valence-corrected chi connectivity index (χ4v) is 2.09. The lowest BCUT2D eigenvalue weighted by Gasteiger charge is -2.15. The lowest BCUT2D eigenvalue weighted by molar-refractivity contribution is 0.0344. The molecule has 0 saturated heterocycles. The molecule has 0 saturated carbocycles. The van der Waals surface area contributed by atoms with Crippen molar-refractivity contribution in [1.82, 2.24) is 0 Å². The van der Waals surface area contributed by atoms with E-state index in [1.807, 2.05) is 13.0 Å². The summed E-state index contributed by atoms with van der Waals surface area (Å²) in [6.07, 6.45) is 6.13. The zero-order chi connectivity index (χ0) is 17.4. The molecule has 0 aliphatic rings. The van der Waals surface area contributed by atoms with Gasteiger partial charge >= 0.3 is 5.97 Å². The molecule has 5 nitrogen and oxygen atoms in total. The van der Waals surface area contributed by atoms with Crippen LogP contribution in [-0.4, -0.2) is 28.0 Å². The van der Waals surface area contributed by atoms with E-state index in [-0.39, 0.29) is 35.3 Å². The highest BCUT2D eigenvalue weighted by Crippen LogP contribution is 2.29. The largest absolute Gasteiger partial charge is 0.508 e. The van der Waals surface area contributed by atoms with Gasteiger partial charge in [0, 0.05) is 24.6 Å². The summed E-state index contributed by atoms with van der Waals surface area (Å²) in [5.41, 5.74) is 0.599. The van der Waals surface area contributed by atoms with Crippen LogP contribution < -0.4 is 0 Å². The molecule has 124 valence electrons. The van der Waals surface area contributed by atoms with E-state index in [0.29, 0.717) is 12.0 Å². The van der Waals surface area contributed by atoms with Gasteiger partial charge in [0.2, 0.25) is 0 Å². The standard InChI is InChI=1S/C18H23NO4/c1-4-6-8-14(19)9-13-10-15(20)11-16(21)17(13)18(22)23-12(3)7-5-2/h5-6,8,10-12,19-21H,2,4,7,9H2,1,3H3/b8-6+,19-14?. The highest BCUT2D eigenvalue weighted by atomic mass is 16.5. The van der Waals surface area contributed by atoms with Crippen LogP contribution in [0.2, 0.25) is 0 Å². The molecule has 0 amide bonds. The Bertz CT molecular complexity index is 620. The zero-order valence-electron chi connectivity index (χ0n) is 13.5. The van der Waals surface area contributed by atoms with E-state index < -0.39 is 5.97 Å². The van der Waals surface area contributed by atoms with Crippen molar-refractivity contribution in [2.24, 2.45) is 0 Å². The van der Waals surface area contributed by atoms with Gasteiger partial charge in [-0.15, -0.1) is 6.58 Å². The Morgan fingerprint density at radius 1 is 1.43 bits per heavy atom. The Morgan fingerprint density at radius 3 is 2.74 bits per heavy atom. The average Bonchev–Trinajstić information content (AvgIpc) is 2.44. The van der Waals surface area contributed by atoms with E-state index >= 15 is 0 Å². The summed E-state index contributed by atoms with van der Waals surface area (Å²) in [6.45, 7) is 7.26. The zero-order valence-corrected chi connectivity index (χ0v) is 13.5. The molecule has 3 N–H and O–H groups in total. The van der Waals surface area contributed by atoms with Gasteiger partial charge in [-0.05, 0) is 31.1 Å². The van der Waals surface area contributed by atoms with E-state index in [1.165, 1.54) is 6.07 Å². The molecule has 1 aromatic carbocycles. The molecule has 0 aliphatic carbocycles. The summed E-state index contributed by atoms with van der Waals surface area (Å²) in [7, 11) is 0. The van der Waals surface area contributed by atoms with Crippen molar-refractivity contribution in [3.63, 3.8) is 0 Å². The van der Waals surface area contributed by atoms with Gasteiger partial charge in [0.1, 0.15) is 23.2 Å². The van der Waals surface area contributed by atoms with Crippen LogP contribution in [0, 0.1) is 5.41 Å². The van der Waals surface area contributed by atoms with Gasteiger partial charge in [0.05, 0.1) is 0 Å². The van der Waals surface area contributed by atoms with Gasteiger partial charge in [-0.1, -0.05) is 19.1 Å². The van der Waals surface area contributed by atoms with Crippen LogP contribution in [0.5, 0.6) is 11.5 Å². The molecular formula is C18H23NO4. The minimum Gasteiger partial charge on any atom is -0.508 e. The molecular weight excluding hydrogens is 294 g/mol. The first-order chi connectivity index (χ1) is 10.9. The summed E-state index contributed by atoms with van der Waals surface area (Å²) < 4.78 is 5.26. The molecule has 1 atom stereocenters. The van der Waals surface area contributed by atoms with E-state index in [4.69, 9.17) is 10.1 Å². The smallest absolute Gasteiger partial charge is 0.342 e. The maximum absolute atomic E-state index is 12.3. The number of carbonyl (C=O) groups excluding carboxylic acids is 1. The number of rotatable bonds is 8. The number of phenolic OH excluding ortho intramolecular Hbond substituents is 2. The fourth-order valence-electron chi connectivity index (χ4n) is 2.09. The number of hydrogen-bond acceptors (Lipinski definition) is 5. The topological polar surface area (TPSA) is 90.6 Å². The van der Waals surface area contributed by atoms with E-state index in [0.717, 1.165) is 12.5 Å². The molecule has 0 radical (unpaired) electrons. The number of ether oxygens (including phenoxy) is 1. The van der Waals surface area contributed by atoms with Crippen molar-refractivity contribution in [3.05, 3.63) is 48.1 Å². The van der Waals surface area contributed by atoms with Crippen molar-refractivity contribution >= 4 is 11.7 Å².